The predicted octanol–water partition coefficient (Wildman–Crippen LogP) is 5.73. The van der Waals surface area contributed by atoms with E-state index in [-0.39, 0.29) is 24.2 Å². The molecule has 1 aliphatic carbocycles. The lowest BCUT2D eigenvalue weighted by molar-refractivity contribution is -0.127. The van der Waals surface area contributed by atoms with Crippen LogP contribution in [0, 0.1) is 11.8 Å². The summed E-state index contributed by atoms with van der Waals surface area (Å²) < 4.78 is 11.7. The van der Waals surface area contributed by atoms with Gasteiger partial charge in [0.05, 0.1) is 5.56 Å². The van der Waals surface area contributed by atoms with E-state index < -0.39 is 23.6 Å². The second-order valence-corrected chi connectivity index (χ2v) is 15.5. The monoisotopic (exact) mass is 774 g/mol. The van der Waals surface area contributed by atoms with E-state index in [1.165, 1.54) is 0 Å². The van der Waals surface area contributed by atoms with Crippen molar-refractivity contribution in [2.75, 3.05) is 30.4 Å². The van der Waals surface area contributed by atoms with E-state index in [9.17, 15) is 14.4 Å². The fourth-order valence-corrected chi connectivity index (χ4v) is 6.88. The Morgan fingerprint density at radius 1 is 0.930 bits per heavy atom. The number of hydrogen-bond donors (Lipinski definition) is 3. The Kier molecular flexibility index (Phi) is 12.8. The average Bonchev–Trinajstić information content (AvgIpc) is 3.75. The summed E-state index contributed by atoms with van der Waals surface area (Å²) in [5.74, 6) is 0.314. The van der Waals surface area contributed by atoms with E-state index in [0.29, 0.717) is 60.5 Å². The summed E-state index contributed by atoms with van der Waals surface area (Å²) in [6, 6.07) is 23.6. The number of nitrogens with two attached hydrogens (primary N) is 1. The third kappa shape index (κ3) is 10.7. The molecule has 57 heavy (non-hydrogen) atoms. The average molecular weight is 775 g/mol. The van der Waals surface area contributed by atoms with E-state index in [4.69, 9.17) is 20.2 Å². The Morgan fingerprint density at radius 3 is 2.30 bits per heavy atom. The van der Waals surface area contributed by atoms with Gasteiger partial charge in [-0.15, -0.1) is 10.2 Å². The first kappa shape index (κ1) is 40.3. The van der Waals surface area contributed by atoms with Crippen molar-refractivity contribution in [3.8, 4) is 28.4 Å². The molecule has 0 aliphatic heterocycles. The number of alkyl carbamates (subject to hydrolysis) is 1. The van der Waals surface area contributed by atoms with Gasteiger partial charge < -0.3 is 25.4 Å². The SMILES string of the molecule is CN(C)c1ncc(-c2cccc(C[C@@H](C(N)=O)N(C(=O)C3CCC(CNC(=O)OC(C)(C)C)CC3)c3ccc(-c4nn[nH]n4)cc3)c2)c(OCc2ccccc2)n1. The number of benzene rings is 3. The summed E-state index contributed by atoms with van der Waals surface area (Å²) in [5, 5.41) is 17.1. The number of nitrogens with one attached hydrogen (secondary N) is 2. The maximum atomic E-state index is 14.6. The van der Waals surface area contributed by atoms with Crippen LogP contribution in [0.3, 0.4) is 0 Å². The number of primary amides is 1. The maximum Gasteiger partial charge on any atom is 0.407 e. The molecule has 298 valence electrons. The number of amides is 3. The fourth-order valence-electron chi connectivity index (χ4n) is 6.88. The Balaban J connectivity index is 1.26. The topological polar surface area (TPSA) is 194 Å². The van der Waals surface area contributed by atoms with Gasteiger partial charge in [0, 0.05) is 50.4 Å². The summed E-state index contributed by atoms with van der Waals surface area (Å²) in [5.41, 5.74) is 10.0. The Labute approximate surface area is 332 Å². The van der Waals surface area contributed by atoms with Gasteiger partial charge in [-0.25, -0.2) is 9.78 Å². The van der Waals surface area contributed by atoms with Crippen molar-refractivity contribution < 1.29 is 23.9 Å². The minimum atomic E-state index is -1.02. The van der Waals surface area contributed by atoms with Crippen molar-refractivity contribution in [3.63, 3.8) is 0 Å². The fraction of sp³-hybridized carbons (Fsp3) is 0.381. The van der Waals surface area contributed by atoms with Crippen LogP contribution in [0.15, 0.2) is 85.1 Å². The molecule has 4 N–H and O–H groups in total. The highest BCUT2D eigenvalue weighted by atomic mass is 16.6. The van der Waals surface area contributed by atoms with Crippen LogP contribution in [0.4, 0.5) is 16.4 Å². The maximum absolute atomic E-state index is 14.6. The van der Waals surface area contributed by atoms with Gasteiger partial charge in [-0.3, -0.25) is 14.5 Å². The highest BCUT2D eigenvalue weighted by Gasteiger charge is 2.36. The molecule has 15 nitrogen and oxygen atoms in total. The first-order valence-electron chi connectivity index (χ1n) is 19.1. The lowest BCUT2D eigenvalue weighted by Crippen LogP contribution is -2.52. The van der Waals surface area contributed by atoms with E-state index >= 15 is 0 Å². The molecule has 1 atom stereocenters. The van der Waals surface area contributed by atoms with Crippen molar-refractivity contribution >= 4 is 29.5 Å². The molecule has 1 fully saturated rings. The van der Waals surface area contributed by atoms with Gasteiger partial charge in [0.15, 0.2) is 0 Å². The normalized spacial score (nSPS) is 15.9. The lowest BCUT2D eigenvalue weighted by atomic mass is 9.81. The predicted molar refractivity (Wildman–Crippen MR) is 216 cm³/mol. The second kappa shape index (κ2) is 18.0. The molecular weight excluding hydrogens is 725 g/mol. The van der Waals surface area contributed by atoms with Crippen LogP contribution in [0.2, 0.25) is 0 Å². The third-order valence-electron chi connectivity index (χ3n) is 9.78. The Morgan fingerprint density at radius 2 is 1.65 bits per heavy atom. The number of aromatic nitrogens is 6. The zero-order valence-electron chi connectivity index (χ0n) is 33.0. The molecule has 1 aliphatic rings. The van der Waals surface area contributed by atoms with Crippen LogP contribution < -0.4 is 25.6 Å². The molecule has 0 saturated heterocycles. The molecule has 5 aromatic rings. The minimum Gasteiger partial charge on any atom is -0.472 e. The van der Waals surface area contributed by atoms with Gasteiger partial charge in [-0.05, 0) is 98.5 Å². The molecule has 2 aromatic heterocycles. The number of carbonyl (C=O) groups excluding carboxylic acids is 3. The van der Waals surface area contributed by atoms with Crippen molar-refractivity contribution in [1.29, 1.82) is 0 Å². The number of aromatic amines is 1. The summed E-state index contributed by atoms with van der Waals surface area (Å²) in [4.78, 5) is 53.0. The van der Waals surface area contributed by atoms with Gasteiger partial charge in [-0.2, -0.15) is 10.2 Å². The third-order valence-corrected chi connectivity index (χ3v) is 9.78. The lowest BCUT2D eigenvalue weighted by Gasteiger charge is -2.36. The van der Waals surface area contributed by atoms with Crippen LogP contribution >= 0.6 is 0 Å². The van der Waals surface area contributed by atoms with E-state index in [2.05, 4.69) is 30.9 Å². The van der Waals surface area contributed by atoms with Crippen molar-refractivity contribution in [2.45, 2.75) is 71.1 Å². The Hall–Kier alpha value is -6.38. The molecule has 15 heteroatoms. The number of nitrogens with zero attached hydrogens (tertiary/aromatic N) is 7. The number of rotatable bonds is 14. The van der Waals surface area contributed by atoms with Crippen LogP contribution in [0.5, 0.6) is 5.88 Å². The van der Waals surface area contributed by atoms with Gasteiger partial charge in [0.25, 0.3) is 0 Å². The minimum absolute atomic E-state index is 0.146. The van der Waals surface area contributed by atoms with Crippen molar-refractivity contribution in [2.24, 2.45) is 17.6 Å². The summed E-state index contributed by atoms with van der Waals surface area (Å²) in [6.45, 7) is 6.23. The molecule has 3 aromatic carbocycles. The van der Waals surface area contributed by atoms with Gasteiger partial charge in [0.1, 0.15) is 18.2 Å². The quantitative estimate of drug-likeness (QED) is 0.125. The summed E-state index contributed by atoms with van der Waals surface area (Å²) in [7, 11) is 3.73. The number of tetrazole rings is 1. The molecule has 2 heterocycles. The van der Waals surface area contributed by atoms with E-state index in [0.717, 1.165) is 29.5 Å². The van der Waals surface area contributed by atoms with Crippen LogP contribution in [0.1, 0.15) is 57.6 Å². The number of hydrogen-bond acceptors (Lipinski definition) is 11. The first-order valence-corrected chi connectivity index (χ1v) is 19.1. The van der Waals surface area contributed by atoms with Crippen LogP contribution in [-0.4, -0.2) is 80.8 Å². The van der Waals surface area contributed by atoms with E-state index in [1.54, 1.807) is 40.3 Å². The van der Waals surface area contributed by atoms with Gasteiger partial charge in [0.2, 0.25) is 29.5 Å². The first-order chi connectivity index (χ1) is 27.3. The number of ether oxygens (including phenoxy) is 2. The molecule has 0 unspecified atom stereocenters. The van der Waals surface area contributed by atoms with Gasteiger partial charge >= 0.3 is 6.09 Å². The summed E-state index contributed by atoms with van der Waals surface area (Å²) >= 11 is 0. The second-order valence-electron chi connectivity index (χ2n) is 15.5. The van der Waals surface area contributed by atoms with Gasteiger partial charge in [-0.1, -0.05) is 54.6 Å². The number of carbonyl (C=O) groups is 3. The van der Waals surface area contributed by atoms with Crippen molar-refractivity contribution in [3.05, 3.63) is 96.2 Å². The van der Waals surface area contributed by atoms with E-state index in [1.807, 2.05) is 89.5 Å². The molecule has 0 bridgehead atoms. The number of H-pyrrole nitrogens is 1. The largest absolute Gasteiger partial charge is 0.472 e. The molecule has 3 amide bonds. The smallest absolute Gasteiger partial charge is 0.407 e. The van der Waals surface area contributed by atoms with Crippen LogP contribution in [0.25, 0.3) is 22.5 Å². The van der Waals surface area contributed by atoms with Crippen LogP contribution in [-0.2, 0) is 27.4 Å². The molecule has 0 spiro atoms. The molecule has 0 radical (unpaired) electrons. The highest BCUT2D eigenvalue weighted by Crippen LogP contribution is 2.34. The number of anilines is 2. The molecule has 6 rings (SSSR count). The Bertz CT molecular complexity index is 2110. The summed E-state index contributed by atoms with van der Waals surface area (Å²) in [6.07, 6.45) is 4.05. The zero-order valence-corrected chi connectivity index (χ0v) is 33.0. The highest BCUT2D eigenvalue weighted by molar-refractivity contribution is 6.02. The standard InChI is InChI=1S/C42H50N10O5/c1-42(2,3)57-41(55)45-24-27-14-16-31(17-15-27)39(54)52(33-20-18-30(19-21-33)37-47-49-50-48-37)35(36(43)53)23-29-12-9-13-32(22-29)34-25-44-40(51(4)5)46-38(34)56-26-28-10-7-6-8-11-28/h6-13,18-22,25,27,31,35H,14-17,23-24,26H2,1-5H3,(H2,43,53)(H,45,55)(H,47,48,49,50)/t27?,31?,35-/m0/s1. The molecule has 1 saturated carbocycles. The molecular formula is C42H50N10O5. The van der Waals surface area contributed by atoms with Crippen molar-refractivity contribution in [1.82, 2.24) is 35.9 Å². The zero-order chi connectivity index (χ0) is 40.5.